The molecule has 1 amide bonds. The molecule has 1 saturated heterocycles. The third-order valence-electron chi connectivity index (χ3n) is 5.33. The number of nitrogens with two attached hydrogens (primary N) is 1. The second-order valence-electron chi connectivity index (χ2n) is 6.81. The van der Waals surface area contributed by atoms with Crippen molar-refractivity contribution in [3.8, 4) is 0 Å². The first-order chi connectivity index (χ1) is 11.2. The van der Waals surface area contributed by atoms with Gasteiger partial charge in [-0.1, -0.05) is 18.1 Å². The van der Waals surface area contributed by atoms with Crippen LogP contribution in [0.1, 0.15) is 60.7 Å². The molecule has 4 N–H and O–H groups in total. The van der Waals surface area contributed by atoms with E-state index in [4.69, 9.17) is 5.73 Å². The average molecular weight is 320 g/mol. The highest BCUT2D eigenvalue weighted by Crippen LogP contribution is 2.24. The predicted molar refractivity (Wildman–Crippen MR) is 88.2 cm³/mol. The maximum atomic E-state index is 12.6. The van der Waals surface area contributed by atoms with E-state index < -0.39 is 0 Å². The zero-order chi connectivity index (χ0) is 16.2. The number of hydrogen-bond acceptors (Lipinski definition) is 5. The van der Waals surface area contributed by atoms with Gasteiger partial charge in [0.25, 0.3) is 5.91 Å². The Kier molecular flexibility index (Phi) is 5.27. The molecule has 23 heavy (non-hydrogen) atoms. The zero-order valence-electron chi connectivity index (χ0n) is 13.9. The van der Waals surface area contributed by atoms with Crippen LogP contribution in [0, 0.1) is 12.8 Å². The van der Waals surface area contributed by atoms with Gasteiger partial charge in [-0.25, -0.2) is 4.68 Å². The number of amides is 1. The topological polar surface area (TPSA) is 97.9 Å². The lowest BCUT2D eigenvalue weighted by atomic mass is 9.84. The molecule has 3 rings (SSSR count). The van der Waals surface area contributed by atoms with Crippen LogP contribution in [0.25, 0.3) is 0 Å². The number of carbonyl (C=O) groups excluding carboxylic acids is 1. The molecule has 2 aliphatic rings. The third kappa shape index (κ3) is 3.55. The van der Waals surface area contributed by atoms with Crippen molar-refractivity contribution >= 4 is 5.91 Å². The second-order valence-corrected chi connectivity index (χ2v) is 6.81. The number of carbonyl (C=O) groups is 1. The van der Waals surface area contributed by atoms with E-state index in [1.165, 1.54) is 6.42 Å². The lowest BCUT2D eigenvalue weighted by Gasteiger charge is -2.31. The molecule has 0 radical (unpaired) electrons. The molecular weight excluding hydrogens is 292 g/mol. The minimum atomic E-state index is -0.104. The van der Waals surface area contributed by atoms with E-state index in [0.717, 1.165) is 50.9 Å². The molecule has 1 saturated carbocycles. The molecule has 2 heterocycles. The molecule has 0 bridgehead atoms. The lowest BCUT2D eigenvalue weighted by Crippen LogP contribution is -2.45. The summed E-state index contributed by atoms with van der Waals surface area (Å²) in [5.41, 5.74) is 7.18. The lowest BCUT2D eigenvalue weighted by molar-refractivity contribution is 0.0902. The Morgan fingerprint density at radius 2 is 2.04 bits per heavy atom. The quantitative estimate of drug-likeness (QED) is 0.761. The van der Waals surface area contributed by atoms with Crippen LogP contribution in [0.2, 0.25) is 0 Å². The normalized spacial score (nSPS) is 26.2. The largest absolute Gasteiger partial charge is 0.348 e. The summed E-state index contributed by atoms with van der Waals surface area (Å²) in [5, 5.41) is 14.9. The van der Waals surface area contributed by atoms with E-state index in [1.54, 1.807) is 0 Å². The first kappa shape index (κ1) is 16.4. The van der Waals surface area contributed by atoms with Gasteiger partial charge in [-0.15, -0.1) is 5.10 Å². The maximum Gasteiger partial charge on any atom is 0.273 e. The summed E-state index contributed by atoms with van der Waals surface area (Å²) in [4.78, 5) is 12.6. The van der Waals surface area contributed by atoms with E-state index in [9.17, 15) is 4.79 Å². The summed E-state index contributed by atoms with van der Waals surface area (Å²) in [6.45, 7) is 4.56. The molecule has 1 aliphatic heterocycles. The highest BCUT2D eigenvalue weighted by molar-refractivity contribution is 5.93. The van der Waals surface area contributed by atoms with Crippen molar-refractivity contribution in [3.05, 3.63) is 11.4 Å². The van der Waals surface area contributed by atoms with Gasteiger partial charge >= 0.3 is 0 Å². The van der Waals surface area contributed by atoms with Crippen molar-refractivity contribution in [3.63, 3.8) is 0 Å². The van der Waals surface area contributed by atoms with Crippen molar-refractivity contribution in [1.82, 2.24) is 25.6 Å². The average Bonchev–Trinajstić information content (AvgIpc) is 2.98. The number of hydrogen-bond donors (Lipinski definition) is 3. The summed E-state index contributed by atoms with van der Waals surface area (Å²) >= 11 is 0. The molecule has 128 valence electrons. The fourth-order valence-electron chi connectivity index (χ4n) is 3.87. The van der Waals surface area contributed by atoms with E-state index >= 15 is 0 Å². The highest BCUT2D eigenvalue weighted by atomic mass is 16.2. The van der Waals surface area contributed by atoms with E-state index in [1.807, 2.05) is 11.6 Å². The summed E-state index contributed by atoms with van der Waals surface area (Å²) in [7, 11) is 0. The Labute approximate surface area is 137 Å². The predicted octanol–water partition coefficient (Wildman–Crippen LogP) is 0.758. The number of nitrogens with one attached hydrogen (secondary N) is 2. The van der Waals surface area contributed by atoms with Gasteiger partial charge in [-0.2, -0.15) is 0 Å². The molecule has 0 aromatic carbocycles. The molecule has 2 unspecified atom stereocenters. The van der Waals surface area contributed by atoms with Crippen molar-refractivity contribution < 1.29 is 4.79 Å². The zero-order valence-corrected chi connectivity index (χ0v) is 13.9. The number of rotatable bonds is 4. The Morgan fingerprint density at radius 3 is 2.78 bits per heavy atom. The van der Waals surface area contributed by atoms with Crippen molar-refractivity contribution in [2.75, 3.05) is 19.6 Å². The van der Waals surface area contributed by atoms with Gasteiger partial charge in [0, 0.05) is 6.04 Å². The van der Waals surface area contributed by atoms with Gasteiger partial charge in [0.15, 0.2) is 5.69 Å². The Morgan fingerprint density at radius 1 is 1.30 bits per heavy atom. The second kappa shape index (κ2) is 7.40. The van der Waals surface area contributed by atoms with Crippen molar-refractivity contribution in [2.24, 2.45) is 11.7 Å². The van der Waals surface area contributed by atoms with Crippen LogP contribution >= 0.6 is 0 Å². The summed E-state index contributed by atoms with van der Waals surface area (Å²) in [5.74, 6) is 0.278. The Hall–Kier alpha value is -1.47. The van der Waals surface area contributed by atoms with Gasteiger partial charge < -0.3 is 16.4 Å². The smallest absolute Gasteiger partial charge is 0.273 e. The van der Waals surface area contributed by atoms with E-state index in [0.29, 0.717) is 24.2 Å². The number of nitrogens with zero attached hydrogens (tertiary/aromatic N) is 3. The van der Waals surface area contributed by atoms with Gasteiger partial charge in [0.2, 0.25) is 0 Å². The minimum absolute atomic E-state index is 0.104. The SMILES string of the molecule is Cc1c(C(=O)NC2CCCCC2CN)nnn1C1CCNCC1. The van der Waals surface area contributed by atoms with Crippen LogP contribution in [0.4, 0.5) is 0 Å². The van der Waals surface area contributed by atoms with Crippen LogP contribution in [-0.2, 0) is 0 Å². The van der Waals surface area contributed by atoms with Crippen molar-refractivity contribution in [2.45, 2.75) is 57.5 Å². The first-order valence-electron chi connectivity index (χ1n) is 8.84. The summed E-state index contributed by atoms with van der Waals surface area (Å²) in [6, 6.07) is 0.515. The van der Waals surface area contributed by atoms with Gasteiger partial charge in [0.05, 0.1) is 11.7 Å². The van der Waals surface area contributed by atoms with Gasteiger partial charge in [-0.3, -0.25) is 4.79 Å². The monoisotopic (exact) mass is 320 g/mol. The van der Waals surface area contributed by atoms with Crippen LogP contribution in [0.15, 0.2) is 0 Å². The Bertz CT molecular complexity index is 537. The van der Waals surface area contributed by atoms with Crippen LogP contribution < -0.4 is 16.4 Å². The van der Waals surface area contributed by atoms with E-state index in [2.05, 4.69) is 20.9 Å². The molecule has 2 atom stereocenters. The summed E-state index contributed by atoms with van der Waals surface area (Å²) < 4.78 is 1.93. The Balaban J connectivity index is 1.68. The van der Waals surface area contributed by atoms with Crippen LogP contribution in [0.3, 0.4) is 0 Å². The molecule has 0 spiro atoms. The highest BCUT2D eigenvalue weighted by Gasteiger charge is 2.28. The number of piperidine rings is 1. The maximum absolute atomic E-state index is 12.6. The first-order valence-corrected chi connectivity index (χ1v) is 8.84. The van der Waals surface area contributed by atoms with Crippen LogP contribution in [0.5, 0.6) is 0 Å². The minimum Gasteiger partial charge on any atom is -0.348 e. The third-order valence-corrected chi connectivity index (χ3v) is 5.33. The fraction of sp³-hybridized carbons (Fsp3) is 0.812. The molecule has 2 fully saturated rings. The van der Waals surface area contributed by atoms with E-state index in [-0.39, 0.29) is 11.9 Å². The van der Waals surface area contributed by atoms with Gasteiger partial charge in [-0.05, 0) is 58.2 Å². The van der Waals surface area contributed by atoms with Gasteiger partial charge in [0.1, 0.15) is 0 Å². The van der Waals surface area contributed by atoms with Crippen LogP contribution in [-0.4, -0.2) is 46.6 Å². The summed E-state index contributed by atoms with van der Waals surface area (Å²) in [6.07, 6.45) is 6.53. The molecule has 1 aromatic rings. The fourth-order valence-corrected chi connectivity index (χ4v) is 3.87. The molecule has 7 nitrogen and oxygen atoms in total. The molecule has 1 aliphatic carbocycles. The van der Waals surface area contributed by atoms with Crippen molar-refractivity contribution in [1.29, 1.82) is 0 Å². The molecular formula is C16H28N6O. The standard InChI is InChI=1S/C16H28N6O/c1-11-15(20-21-22(11)13-6-8-18-9-7-13)16(23)19-14-5-3-2-4-12(14)10-17/h12-14,18H,2-10,17H2,1H3,(H,19,23). The molecule has 7 heteroatoms. The molecule has 1 aromatic heterocycles. The number of aromatic nitrogens is 3.